The molecular weight excluding hydrogens is 300 g/mol. The van der Waals surface area contributed by atoms with Gasteiger partial charge in [-0.25, -0.2) is 0 Å². The largest absolute Gasteiger partial charge is 0.356 e. The molecule has 1 aromatic heterocycles. The average Bonchev–Trinajstić information content (AvgIpc) is 2.60. The Balaban J connectivity index is 1.45. The summed E-state index contributed by atoms with van der Waals surface area (Å²) in [6.07, 6.45) is 6.47. The van der Waals surface area contributed by atoms with E-state index < -0.39 is 0 Å². The second-order valence-electron chi connectivity index (χ2n) is 6.43. The lowest BCUT2D eigenvalue weighted by atomic mass is 9.81. The van der Waals surface area contributed by atoms with Gasteiger partial charge in [0.05, 0.1) is 0 Å². The second kappa shape index (κ2) is 7.95. The van der Waals surface area contributed by atoms with E-state index in [1.807, 2.05) is 6.07 Å². The van der Waals surface area contributed by atoms with Crippen molar-refractivity contribution in [2.45, 2.75) is 44.6 Å². The molecule has 1 aliphatic carbocycles. The molecule has 4 nitrogen and oxygen atoms in total. The molecular formula is C20H24N2O2. The van der Waals surface area contributed by atoms with Crippen molar-refractivity contribution >= 4 is 5.91 Å². The molecule has 4 heteroatoms. The number of amides is 1. The molecule has 1 atom stereocenters. The quantitative estimate of drug-likeness (QED) is 0.831. The van der Waals surface area contributed by atoms with E-state index >= 15 is 0 Å². The molecule has 0 saturated heterocycles. The summed E-state index contributed by atoms with van der Waals surface area (Å²) in [5, 5.41) is 3.00. The number of hydrogen-bond donors (Lipinski definition) is 1. The number of aromatic nitrogens is 1. The molecule has 1 heterocycles. The number of fused-ring (bicyclic) bond motifs is 1. The zero-order chi connectivity index (χ0) is 16.8. The van der Waals surface area contributed by atoms with Crippen LogP contribution in [0.1, 0.15) is 42.7 Å². The summed E-state index contributed by atoms with van der Waals surface area (Å²) in [4.78, 5) is 23.8. The zero-order valence-corrected chi connectivity index (χ0v) is 13.9. The van der Waals surface area contributed by atoms with Crippen LogP contribution in [-0.2, 0) is 17.8 Å². The van der Waals surface area contributed by atoms with Crippen LogP contribution in [0, 0.1) is 0 Å². The summed E-state index contributed by atoms with van der Waals surface area (Å²) in [5.41, 5.74) is 2.74. The highest BCUT2D eigenvalue weighted by molar-refractivity contribution is 5.77. The zero-order valence-electron chi connectivity index (χ0n) is 13.9. The standard InChI is InChI=1S/C20H24N2O2/c23-19(21-12-6-14-22-13-4-3-11-20(22)24)15-17-9-5-8-16-7-1-2-10-18(16)17/h1-4,7,10-11,13,17H,5-6,8-9,12,14-15H2,(H,21,23). The maximum atomic E-state index is 12.2. The van der Waals surface area contributed by atoms with Gasteiger partial charge in [0.25, 0.3) is 0 Å². The first-order chi connectivity index (χ1) is 11.7. The first kappa shape index (κ1) is 16.5. The van der Waals surface area contributed by atoms with Crippen molar-refractivity contribution in [2.24, 2.45) is 0 Å². The van der Waals surface area contributed by atoms with Gasteiger partial charge in [-0.1, -0.05) is 30.3 Å². The van der Waals surface area contributed by atoms with Gasteiger partial charge in [0.1, 0.15) is 0 Å². The molecule has 1 N–H and O–H groups in total. The number of carbonyl (C=O) groups is 1. The van der Waals surface area contributed by atoms with Crippen LogP contribution < -0.4 is 10.9 Å². The molecule has 0 aliphatic heterocycles. The van der Waals surface area contributed by atoms with Gasteiger partial charge in [-0.05, 0) is 48.8 Å². The first-order valence-corrected chi connectivity index (χ1v) is 8.74. The molecule has 0 bridgehead atoms. The molecule has 0 saturated carbocycles. The SMILES string of the molecule is O=C(CC1CCCc2ccccc21)NCCCn1ccccc1=O. The van der Waals surface area contributed by atoms with Gasteiger partial charge < -0.3 is 9.88 Å². The summed E-state index contributed by atoms with van der Waals surface area (Å²) in [6, 6.07) is 13.6. The predicted molar refractivity (Wildman–Crippen MR) is 95.1 cm³/mol. The van der Waals surface area contributed by atoms with Crippen molar-refractivity contribution in [3.05, 3.63) is 70.1 Å². The molecule has 24 heavy (non-hydrogen) atoms. The molecule has 1 unspecified atom stereocenters. The summed E-state index contributed by atoms with van der Waals surface area (Å²) in [7, 11) is 0. The van der Waals surface area contributed by atoms with Gasteiger partial charge in [-0.15, -0.1) is 0 Å². The normalized spacial score (nSPS) is 16.4. The first-order valence-electron chi connectivity index (χ1n) is 8.74. The Kier molecular flexibility index (Phi) is 5.47. The van der Waals surface area contributed by atoms with Gasteiger partial charge in [-0.2, -0.15) is 0 Å². The summed E-state index contributed by atoms with van der Waals surface area (Å²) in [6.45, 7) is 1.24. The fourth-order valence-electron chi connectivity index (χ4n) is 3.49. The smallest absolute Gasteiger partial charge is 0.250 e. The van der Waals surface area contributed by atoms with Crippen LogP contribution in [0.2, 0.25) is 0 Å². The van der Waals surface area contributed by atoms with E-state index in [0.717, 1.165) is 25.7 Å². The van der Waals surface area contributed by atoms with Crippen LogP contribution in [0.15, 0.2) is 53.5 Å². The Morgan fingerprint density at radius 1 is 1.17 bits per heavy atom. The summed E-state index contributed by atoms with van der Waals surface area (Å²) in [5.74, 6) is 0.448. The van der Waals surface area contributed by atoms with Crippen LogP contribution in [0.25, 0.3) is 0 Å². The van der Waals surface area contributed by atoms with Gasteiger partial charge in [-0.3, -0.25) is 9.59 Å². The molecule has 1 aromatic carbocycles. The molecule has 2 aromatic rings. The van der Waals surface area contributed by atoms with Gasteiger partial charge in [0.2, 0.25) is 11.5 Å². The number of aryl methyl sites for hydroxylation is 2. The minimum atomic E-state index is 0.00244. The molecule has 3 rings (SSSR count). The number of carbonyl (C=O) groups excluding carboxylic acids is 1. The van der Waals surface area contributed by atoms with Crippen LogP contribution in [0.4, 0.5) is 0 Å². The van der Waals surface area contributed by atoms with Crippen LogP contribution in [0.3, 0.4) is 0 Å². The highest BCUT2D eigenvalue weighted by atomic mass is 16.1. The third-order valence-corrected chi connectivity index (χ3v) is 4.72. The Morgan fingerprint density at radius 2 is 2.00 bits per heavy atom. The number of nitrogens with zero attached hydrogens (tertiary/aromatic N) is 1. The molecule has 0 fully saturated rings. The van der Waals surface area contributed by atoms with E-state index in [1.165, 1.54) is 11.1 Å². The Hall–Kier alpha value is -2.36. The lowest BCUT2D eigenvalue weighted by Crippen LogP contribution is -2.28. The van der Waals surface area contributed by atoms with Crippen molar-refractivity contribution in [3.63, 3.8) is 0 Å². The monoisotopic (exact) mass is 324 g/mol. The van der Waals surface area contributed by atoms with E-state index in [1.54, 1.807) is 22.9 Å². The minimum Gasteiger partial charge on any atom is -0.356 e. The van der Waals surface area contributed by atoms with Crippen molar-refractivity contribution in [3.8, 4) is 0 Å². The number of hydrogen-bond acceptors (Lipinski definition) is 2. The van der Waals surface area contributed by atoms with E-state index in [2.05, 4.69) is 29.6 Å². The molecule has 126 valence electrons. The number of rotatable bonds is 6. The third-order valence-electron chi connectivity index (χ3n) is 4.72. The van der Waals surface area contributed by atoms with E-state index in [0.29, 0.717) is 25.4 Å². The molecule has 0 radical (unpaired) electrons. The number of pyridine rings is 1. The summed E-state index contributed by atoms with van der Waals surface area (Å²) >= 11 is 0. The fraction of sp³-hybridized carbons (Fsp3) is 0.400. The Labute approximate surface area is 142 Å². The maximum absolute atomic E-state index is 12.2. The number of benzene rings is 1. The van der Waals surface area contributed by atoms with Crippen LogP contribution >= 0.6 is 0 Å². The maximum Gasteiger partial charge on any atom is 0.250 e. The lowest BCUT2D eigenvalue weighted by molar-refractivity contribution is -0.121. The number of nitrogens with one attached hydrogen (secondary N) is 1. The lowest BCUT2D eigenvalue weighted by Gasteiger charge is -2.25. The molecule has 0 spiro atoms. The van der Waals surface area contributed by atoms with Crippen molar-refractivity contribution in [1.29, 1.82) is 0 Å². The van der Waals surface area contributed by atoms with Crippen molar-refractivity contribution in [2.75, 3.05) is 6.54 Å². The highest BCUT2D eigenvalue weighted by Crippen LogP contribution is 2.33. The van der Waals surface area contributed by atoms with Crippen LogP contribution in [0.5, 0.6) is 0 Å². The van der Waals surface area contributed by atoms with Crippen LogP contribution in [-0.4, -0.2) is 17.0 Å². The van der Waals surface area contributed by atoms with E-state index in [-0.39, 0.29) is 11.5 Å². The van der Waals surface area contributed by atoms with E-state index in [4.69, 9.17) is 0 Å². The molecule has 1 amide bonds. The summed E-state index contributed by atoms with van der Waals surface area (Å²) < 4.78 is 1.67. The fourth-order valence-corrected chi connectivity index (χ4v) is 3.49. The Bertz CT molecular complexity index is 751. The topological polar surface area (TPSA) is 51.1 Å². The van der Waals surface area contributed by atoms with Crippen molar-refractivity contribution < 1.29 is 4.79 Å². The second-order valence-corrected chi connectivity index (χ2v) is 6.43. The van der Waals surface area contributed by atoms with Gasteiger partial charge >= 0.3 is 0 Å². The van der Waals surface area contributed by atoms with Gasteiger partial charge in [0, 0.05) is 31.8 Å². The third kappa shape index (κ3) is 4.13. The van der Waals surface area contributed by atoms with Gasteiger partial charge in [0.15, 0.2) is 0 Å². The molecule has 1 aliphatic rings. The van der Waals surface area contributed by atoms with Crippen molar-refractivity contribution in [1.82, 2.24) is 9.88 Å². The average molecular weight is 324 g/mol. The minimum absolute atomic E-state index is 0.00244. The van der Waals surface area contributed by atoms with E-state index in [9.17, 15) is 9.59 Å². The highest BCUT2D eigenvalue weighted by Gasteiger charge is 2.21. The Morgan fingerprint density at radius 3 is 2.88 bits per heavy atom. The predicted octanol–water partition coefficient (Wildman–Crippen LogP) is 2.86.